The predicted octanol–water partition coefficient (Wildman–Crippen LogP) is 2.48. The Morgan fingerprint density at radius 1 is 1.45 bits per heavy atom. The third-order valence-electron chi connectivity index (χ3n) is 3.79. The van der Waals surface area contributed by atoms with Gasteiger partial charge < -0.3 is 15.1 Å². The number of anilines is 1. The van der Waals surface area contributed by atoms with Crippen LogP contribution in [0.3, 0.4) is 0 Å². The van der Waals surface area contributed by atoms with Crippen molar-refractivity contribution in [3.63, 3.8) is 0 Å². The lowest BCUT2D eigenvalue weighted by Crippen LogP contribution is -2.39. The number of nitrogens with zero attached hydrogens (tertiary/aromatic N) is 3. The molecule has 1 aliphatic heterocycles. The Labute approximate surface area is 130 Å². The van der Waals surface area contributed by atoms with Gasteiger partial charge in [0.25, 0.3) is 0 Å². The van der Waals surface area contributed by atoms with Crippen molar-refractivity contribution >= 4 is 21.7 Å². The van der Waals surface area contributed by atoms with Crippen molar-refractivity contribution in [1.82, 2.24) is 15.2 Å². The topological polar surface area (TPSA) is 31.4 Å². The third-order valence-corrected chi connectivity index (χ3v) is 4.23. The van der Waals surface area contributed by atoms with Gasteiger partial charge in [-0.3, -0.25) is 0 Å². The molecule has 2 rings (SSSR count). The monoisotopic (exact) mass is 340 g/mol. The van der Waals surface area contributed by atoms with Crippen molar-refractivity contribution < 1.29 is 0 Å². The molecule has 0 bridgehead atoms. The van der Waals surface area contributed by atoms with E-state index in [2.05, 4.69) is 58.0 Å². The van der Waals surface area contributed by atoms with Crippen LogP contribution in [0, 0.1) is 0 Å². The summed E-state index contributed by atoms with van der Waals surface area (Å²) in [6.07, 6.45) is 3.10. The summed E-state index contributed by atoms with van der Waals surface area (Å²) in [5.41, 5.74) is 1.28. The number of hydrogen-bond donors (Lipinski definition) is 1. The second-order valence-corrected chi connectivity index (χ2v) is 6.49. The van der Waals surface area contributed by atoms with E-state index in [4.69, 9.17) is 4.98 Å². The lowest BCUT2D eigenvalue weighted by atomic mass is 10.2. The molecule has 0 saturated carbocycles. The van der Waals surface area contributed by atoms with Crippen LogP contribution in [0.4, 0.5) is 5.82 Å². The van der Waals surface area contributed by atoms with E-state index >= 15 is 0 Å². The van der Waals surface area contributed by atoms with E-state index < -0.39 is 0 Å². The minimum atomic E-state index is 0.497. The zero-order valence-electron chi connectivity index (χ0n) is 12.7. The number of likely N-dealkylation sites (N-methyl/N-ethyl adjacent to an activating group) is 1. The maximum absolute atomic E-state index is 4.69. The highest BCUT2D eigenvalue weighted by molar-refractivity contribution is 9.10. The second kappa shape index (κ2) is 7.38. The molecule has 1 aromatic heterocycles. The highest BCUT2D eigenvalue weighted by Crippen LogP contribution is 2.25. The van der Waals surface area contributed by atoms with Crippen molar-refractivity contribution in [1.29, 1.82) is 0 Å². The Bertz CT molecular complexity index is 438. The first kappa shape index (κ1) is 15.7. The zero-order chi connectivity index (χ0) is 14.5. The minimum Gasteiger partial charge on any atom is -0.352 e. The van der Waals surface area contributed by atoms with Gasteiger partial charge in [0.2, 0.25) is 0 Å². The molecule has 1 unspecified atom stereocenters. The van der Waals surface area contributed by atoms with Gasteiger partial charge in [0, 0.05) is 41.9 Å². The van der Waals surface area contributed by atoms with Crippen molar-refractivity contribution in [3.05, 3.63) is 22.3 Å². The van der Waals surface area contributed by atoms with Crippen molar-refractivity contribution in [2.24, 2.45) is 0 Å². The maximum Gasteiger partial charge on any atom is 0.133 e. The fourth-order valence-corrected chi connectivity index (χ4v) is 3.19. The Morgan fingerprint density at radius 2 is 2.25 bits per heavy atom. The molecule has 1 atom stereocenters. The molecule has 0 spiro atoms. The van der Waals surface area contributed by atoms with E-state index in [0.717, 1.165) is 36.5 Å². The van der Waals surface area contributed by atoms with Gasteiger partial charge in [-0.15, -0.1) is 0 Å². The SMILES string of the molecule is CCNCc1cc(Br)cnc1N1CCCN(C)CC1C. The van der Waals surface area contributed by atoms with Gasteiger partial charge in [0.1, 0.15) is 5.82 Å². The highest BCUT2D eigenvalue weighted by atomic mass is 79.9. The van der Waals surface area contributed by atoms with E-state index in [0.29, 0.717) is 6.04 Å². The first-order chi connectivity index (χ1) is 9.61. The van der Waals surface area contributed by atoms with Gasteiger partial charge in [0.15, 0.2) is 0 Å². The van der Waals surface area contributed by atoms with Crippen LogP contribution in [0.5, 0.6) is 0 Å². The quantitative estimate of drug-likeness (QED) is 0.912. The van der Waals surface area contributed by atoms with Crippen LogP contribution in [0.25, 0.3) is 0 Å². The smallest absolute Gasteiger partial charge is 0.133 e. The predicted molar refractivity (Wildman–Crippen MR) is 88.2 cm³/mol. The number of nitrogens with one attached hydrogen (secondary N) is 1. The van der Waals surface area contributed by atoms with Crippen LogP contribution in [-0.4, -0.2) is 49.2 Å². The second-order valence-electron chi connectivity index (χ2n) is 5.57. The van der Waals surface area contributed by atoms with Gasteiger partial charge in [-0.05, 0) is 55.5 Å². The van der Waals surface area contributed by atoms with Gasteiger partial charge in [0.05, 0.1) is 0 Å². The number of pyridine rings is 1. The normalized spacial score (nSPS) is 21.0. The molecule has 20 heavy (non-hydrogen) atoms. The average molecular weight is 341 g/mol. The number of rotatable bonds is 4. The molecule has 0 aliphatic carbocycles. The Morgan fingerprint density at radius 3 is 3.00 bits per heavy atom. The molecular weight excluding hydrogens is 316 g/mol. The summed E-state index contributed by atoms with van der Waals surface area (Å²) in [7, 11) is 2.20. The van der Waals surface area contributed by atoms with E-state index in [9.17, 15) is 0 Å². The van der Waals surface area contributed by atoms with E-state index in [1.165, 1.54) is 18.5 Å². The van der Waals surface area contributed by atoms with Gasteiger partial charge in [-0.1, -0.05) is 6.92 Å². The molecule has 1 saturated heterocycles. The molecule has 0 amide bonds. The number of halogens is 1. The molecule has 1 aliphatic rings. The van der Waals surface area contributed by atoms with Crippen LogP contribution in [0.15, 0.2) is 16.7 Å². The average Bonchev–Trinajstić information content (AvgIpc) is 2.57. The van der Waals surface area contributed by atoms with Crippen LogP contribution >= 0.6 is 15.9 Å². The fourth-order valence-electron chi connectivity index (χ4n) is 2.81. The van der Waals surface area contributed by atoms with Gasteiger partial charge in [-0.2, -0.15) is 0 Å². The van der Waals surface area contributed by atoms with Crippen molar-refractivity contribution in [2.75, 3.05) is 38.1 Å². The standard InChI is InChI=1S/C15H25BrN4/c1-4-17-9-13-8-14(16)10-18-15(13)20-7-5-6-19(3)11-12(20)2/h8,10,12,17H,4-7,9,11H2,1-3H3. The number of hydrogen-bond acceptors (Lipinski definition) is 4. The fraction of sp³-hybridized carbons (Fsp3) is 0.667. The Balaban J connectivity index is 2.25. The molecule has 2 heterocycles. The van der Waals surface area contributed by atoms with E-state index in [1.54, 1.807) is 0 Å². The third kappa shape index (κ3) is 3.93. The molecule has 1 N–H and O–H groups in total. The molecule has 1 aromatic rings. The molecule has 112 valence electrons. The summed E-state index contributed by atoms with van der Waals surface area (Å²) in [6.45, 7) is 9.62. The maximum atomic E-state index is 4.69. The first-order valence-electron chi connectivity index (χ1n) is 7.42. The largest absolute Gasteiger partial charge is 0.352 e. The van der Waals surface area contributed by atoms with E-state index in [-0.39, 0.29) is 0 Å². The first-order valence-corrected chi connectivity index (χ1v) is 8.21. The van der Waals surface area contributed by atoms with Crippen LogP contribution in [0.1, 0.15) is 25.8 Å². The molecule has 0 aromatic carbocycles. The molecule has 5 heteroatoms. The summed E-state index contributed by atoms with van der Waals surface area (Å²) in [5.74, 6) is 1.14. The van der Waals surface area contributed by atoms with Crippen molar-refractivity contribution in [2.45, 2.75) is 32.9 Å². The van der Waals surface area contributed by atoms with Gasteiger partial charge in [-0.25, -0.2) is 4.98 Å². The molecule has 4 nitrogen and oxygen atoms in total. The van der Waals surface area contributed by atoms with Crippen molar-refractivity contribution in [3.8, 4) is 0 Å². The van der Waals surface area contributed by atoms with Crippen LogP contribution in [-0.2, 0) is 6.54 Å². The number of aromatic nitrogens is 1. The summed E-state index contributed by atoms with van der Waals surface area (Å²) in [4.78, 5) is 9.56. The van der Waals surface area contributed by atoms with Gasteiger partial charge >= 0.3 is 0 Å². The molecular formula is C15H25BrN4. The summed E-state index contributed by atoms with van der Waals surface area (Å²) < 4.78 is 1.05. The lowest BCUT2D eigenvalue weighted by molar-refractivity contribution is 0.337. The molecule has 1 fully saturated rings. The Hall–Kier alpha value is -0.650. The summed E-state index contributed by atoms with van der Waals surface area (Å²) in [5, 5.41) is 3.41. The van der Waals surface area contributed by atoms with Crippen LogP contribution in [0.2, 0.25) is 0 Å². The lowest BCUT2D eigenvalue weighted by Gasteiger charge is -2.30. The zero-order valence-corrected chi connectivity index (χ0v) is 14.3. The highest BCUT2D eigenvalue weighted by Gasteiger charge is 2.22. The summed E-state index contributed by atoms with van der Waals surface area (Å²) >= 11 is 3.54. The minimum absolute atomic E-state index is 0.497. The Kier molecular flexibility index (Phi) is 5.81. The molecule has 0 radical (unpaired) electrons. The van der Waals surface area contributed by atoms with E-state index in [1.807, 2.05) is 6.20 Å². The summed E-state index contributed by atoms with van der Waals surface area (Å²) in [6, 6.07) is 2.68. The van der Waals surface area contributed by atoms with Crippen LogP contribution < -0.4 is 10.2 Å².